The van der Waals surface area contributed by atoms with E-state index in [0.29, 0.717) is 53.0 Å². The Bertz CT molecular complexity index is 1600. The van der Waals surface area contributed by atoms with Crippen LogP contribution in [0, 0.1) is 5.41 Å². The van der Waals surface area contributed by atoms with E-state index in [1.807, 2.05) is 18.2 Å². The number of fused-ring (bicyclic) bond motifs is 3. The van der Waals surface area contributed by atoms with Gasteiger partial charge < -0.3 is 20.1 Å². The second kappa shape index (κ2) is 8.21. The Morgan fingerprint density at radius 3 is 2.70 bits per heavy atom. The highest BCUT2D eigenvalue weighted by Crippen LogP contribution is 2.50. The summed E-state index contributed by atoms with van der Waals surface area (Å²) in [6.07, 6.45) is 2.89. The van der Waals surface area contributed by atoms with Crippen LogP contribution in [0.3, 0.4) is 0 Å². The molecule has 3 aliphatic rings. The Hall–Kier alpha value is -4.11. The fourth-order valence-corrected chi connectivity index (χ4v) is 6.13. The van der Waals surface area contributed by atoms with Crippen LogP contribution in [0.5, 0.6) is 11.5 Å². The van der Waals surface area contributed by atoms with Crippen molar-refractivity contribution in [3.63, 3.8) is 0 Å². The summed E-state index contributed by atoms with van der Waals surface area (Å²) in [5.74, 6) is 1.91. The van der Waals surface area contributed by atoms with Crippen molar-refractivity contribution in [1.82, 2.24) is 20.2 Å². The van der Waals surface area contributed by atoms with Crippen molar-refractivity contribution in [1.29, 1.82) is 0 Å². The summed E-state index contributed by atoms with van der Waals surface area (Å²) in [7, 11) is 0. The largest absolute Gasteiger partial charge is 0.486 e. The van der Waals surface area contributed by atoms with Gasteiger partial charge in [-0.15, -0.1) is 0 Å². The lowest BCUT2D eigenvalue weighted by Crippen LogP contribution is -2.45. The molecule has 4 N–H and O–H groups in total. The maximum atomic E-state index is 13.3. The van der Waals surface area contributed by atoms with Gasteiger partial charge in [0.25, 0.3) is 5.56 Å². The Kier molecular flexibility index (Phi) is 4.91. The highest BCUT2D eigenvalue weighted by atomic mass is 16.6. The van der Waals surface area contributed by atoms with Gasteiger partial charge >= 0.3 is 0 Å². The molecule has 2 aromatic carbocycles. The van der Waals surface area contributed by atoms with E-state index in [1.54, 1.807) is 0 Å². The van der Waals surface area contributed by atoms with Crippen LogP contribution in [0.15, 0.2) is 53.8 Å². The Morgan fingerprint density at radius 2 is 1.89 bits per heavy atom. The van der Waals surface area contributed by atoms with Crippen molar-refractivity contribution in [2.24, 2.45) is 11.1 Å². The van der Waals surface area contributed by atoms with Gasteiger partial charge in [-0.3, -0.25) is 14.9 Å². The van der Waals surface area contributed by atoms with E-state index in [0.717, 1.165) is 37.9 Å². The van der Waals surface area contributed by atoms with Gasteiger partial charge in [-0.2, -0.15) is 10.1 Å². The molecule has 0 amide bonds. The molecule has 1 fully saturated rings. The maximum absolute atomic E-state index is 13.3. The van der Waals surface area contributed by atoms with E-state index < -0.39 is 0 Å². The van der Waals surface area contributed by atoms with Crippen molar-refractivity contribution in [2.45, 2.75) is 25.3 Å². The monoisotopic (exact) mass is 496 g/mol. The van der Waals surface area contributed by atoms with Crippen LogP contribution in [0.4, 0.5) is 5.95 Å². The number of nitrogens with zero attached hydrogens (tertiary/aromatic N) is 3. The minimum Gasteiger partial charge on any atom is -0.486 e. The molecule has 0 saturated carbocycles. The van der Waals surface area contributed by atoms with E-state index in [4.69, 9.17) is 20.2 Å². The first-order valence-electron chi connectivity index (χ1n) is 12.7. The highest BCUT2D eigenvalue weighted by molar-refractivity contribution is 5.92. The molecule has 188 valence electrons. The maximum Gasteiger partial charge on any atom is 0.264 e. The molecule has 0 bridgehead atoms. The van der Waals surface area contributed by atoms with E-state index in [1.165, 1.54) is 11.1 Å². The zero-order valence-electron chi connectivity index (χ0n) is 20.4. The van der Waals surface area contributed by atoms with Crippen molar-refractivity contribution in [2.75, 3.05) is 31.2 Å². The van der Waals surface area contributed by atoms with Gasteiger partial charge in [0.2, 0.25) is 5.95 Å². The third-order valence-electron chi connectivity index (χ3n) is 8.25. The van der Waals surface area contributed by atoms with Crippen LogP contribution < -0.4 is 25.7 Å². The molecule has 1 aliphatic carbocycles. The van der Waals surface area contributed by atoms with Crippen LogP contribution in [-0.2, 0) is 6.42 Å². The second-order valence-corrected chi connectivity index (χ2v) is 10.2. The first-order valence-corrected chi connectivity index (χ1v) is 12.7. The van der Waals surface area contributed by atoms with Crippen molar-refractivity contribution >= 4 is 22.6 Å². The molecule has 4 aromatic rings. The summed E-state index contributed by atoms with van der Waals surface area (Å²) in [4.78, 5) is 23.1. The Labute approximate surface area is 213 Å². The number of benzene rings is 2. The third-order valence-corrected chi connectivity index (χ3v) is 8.25. The summed E-state index contributed by atoms with van der Waals surface area (Å²) in [5, 5.41) is 7.73. The van der Waals surface area contributed by atoms with Crippen LogP contribution in [-0.4, -0.2) is 46.5 Å². The molecule has 37 heavy (non-hydrogen) atoms. The number of ether oxygens (including phenoxy) is 2. The molecule has 7 rings (SSSR count). The van der Waals surface area contributed by atoms with Gasteiger partial charge in [-0.1, -0.05) is 36.9 Å². The Morgan fingerprint density at radius 1 is 1.11 bits per heavy atom. The van der Waals surface area contributed by atoms with E-state index in [9.17, 15) is 4.79 Å². The summed E-state index contributed by atoms with van der Waals surface area (Å²) in [6, 6.07) is 14.2. The predicted octanol–water partition coefficient (Wildman–Crippen LogP) is 3.32. The predicted molar refractivity (Wildman–Crippen MR) is 141 cm³/mol. The van der Waals surface area contributed by atoms with E-state index in [2.05, 4.69) is 50.9 Å². The zero-order chi connectivity index (χ0) is 25.1. The number of H-pyrrole nitrogens is 2. The number of anilines is 1. The van der Waals surface area contributed by atoms with Gasteiger partial charge in [-0.05, 0) is 53.5 Å². The summed E-state index contributed by atoms with van der Waals surface area (Å²) in [6.45, 7) is 6.79. The van der Waals surface area contributed by atoms with Crippen molar-refractivity contribution in [3.05, 3.63) is 81.8 Å². The third kappa shape index (κ3) is 3.45. The normalized spacial score (nSPS) is 19.8. The molecule has 2 aliphatic heterocycles. The lowest BCUT2D eigenvalue weighted by Gasteiger charge is -2.42. The number of nitrogens with one attached hydrogen (secondary N) is 2. The quantitative estimate of drug-likeness (QED) is 0.398. The van der Waals surface area contributed by atoms with Gasteiger partial charge in [0.15, 0.2) is 17.1 Å². The first-order chi connectivity index (χ1) is 18.0. The van der Waals surface area contributed by atoms with E-state index >= 15 is 0 Å². The molecular weight excluding hydrogens is 468 g/mol. The molecule has 1 atom stereocenters. The van der Waals surface area contributed by atoms with Gasteiger partial charge in [0.05, 0.1) is 5.69 Å². The molecule has 4 heterocycles. The summed E-state index contributed by atoms with van der Waals surface area (Å²) in [5.41, 5.74) is 11.5. The van der Waals surface area contributed by atoms with Crippen LogP contribution in [0.25, 0.3) is 16.6 Å². The molecular formula is C28H28N6O3. The molecule has 1 saturated heterocycles. The minimum atomic E-state index is -0.243. The van der Waals surface area contributed by atoms with Crippen LogP contribution >= 0.6 is 0 Å². The molecule has 1 spiro atoms. The van der Waals surface area contributed by atoms with Crippen molar-refractivity contribution < 1.29 is 9.47 Å². The fraction of sp³-hybridized carbons (Fsp3) is 0.321. The minimum absolute atomic E-state index is 0.0424. The molecule has 9 nitrogen and oxygen atoms in total. The first kappa shape index (κ1) is 22.1. The lowest BCUT2D eigenvalue weighted by molar-refractivity contribution is 0.171. The van der Waals surface area contributed by atoms with Gasteiger partial charge in [-0.25, -0.2) is 0 Å². The summed E-state index contributed by atoms with van der Waals surface area (Å²) >= 11 is 0. The van der Waals surface area contributed by atoms with Crippen molar-refractivity contribution in [3.8, 4) is 11.5 Å². The number of rotatable bonds is 3. The molecule has 9 heteroatoms. The van der Waals surface area contributed by atoms with Gasteiger partial charge in [0.1, 0.15) is 18.6 Å². The number of aromatic nitrogens is 4. The average molecular weight is 497 g/mol. The summed E-state index contributed by atoms with van der Waals surface area (Å²) < 4.78 is 11.3. The second-order valence-electron chi connectivity index (χ2n) is 10.2. The number of piperidine rings is 1. The number of aromatic amines is 2. The SMILES string of the molecule is C=C(c1ccc2c(c1)OCCO2)c1[nH]nc2nc(N3CCC4(CC3)Cc3ccccc3[C@H]4N)[nH]c(=O)c12. The topological polar surface area (TPSA) is 122 Å². The number of hydrogen-bond donors (Lipinski definition) is 3. The average Bonchev–Trinajstić information content (AvgIpc) is 3.48. The van der Waals surface area contributed by atoms with Crippen LogP contribution in [0.2, 0.25) is 0 Å². The fourth-order valence-electron chi connectivity index (χ4n) is 6.13. The molecule has 0 unspecified atom stereocenters. The standard InChI is InChI=1S/C28H28N6O3/c1-16(17-6-7-20-21(14-17)37-13-12-36-20)23-22-25(33-32-23)30-27(31-26(22)35)34-10-8-28(9-11-34)15-18-4-2-3-5-19(18)24(28)29/h2-7,14,24H,1,8-13,15,29H2,(H2,30,31,32,33,35)/t24-/m1/s1. The lowest BCUT2D eigenvalue weighted by atomic mass is 9.73. The van der Waals surface area contributed by atoms with Crippen LogP contribution in [0.1, 0.15) is 41.3 Å². The molecule has 0 radical (unpaired) electrons. The smallest absolute Gasteiger partial charge is 0.264 e. The number of hydrogen-bond acceptors (Lipinski definition) is 7. The van der Waals surface area contributed by atoms with Gasteiger partial charge in [0, 0.05) is 24.7 Å². The zero-order valence-corrected chi connectivity index (χ0v) is 20.4. The Balaban J connectivity index is 1.14. The number of nitrogens with two attached hydrogens (primary N) is 1. The van der Waals surface area contributed by atoms with E-state index in [-0.39, 0.29) is 17.0 Å². The highest BCUT2D eigenvalue weighted by Gasteiger charge is 2.46. The molecule has 2 aromatic heterocycles.